The van der Waals surface area contributed by atoms with Crippen LogP contribution in [0.4, 0.5) is 13.2 Å². The summed E-state index contributed by atoms with van der Waals surface area (Å²) < 4.78 is 42.3. The molecule has 4 atom stereocenters. The minimum absolute atomic E-state index is 0.114. The number of benzene rings is 2. The van der Waals surface area contributed by atoms with Crippen LogP contribution >= 0.6 is 0 Å². The van der Waals surface area contributed by atoms with Crippen molar-refractivity contribution in [1.82, 2.24) is 0 Å². The van der Waals surface area contributed by atoms with E-state index in [0.717, 1.165) is 23.1 Å². The SMILES string of the molecule is CCCCCC1CCC2CC(c3ccc4c(OC(F)(F)F)cccc4c3)CCC2C1. The van der Waals surface area contributed by atoms with E-state index in [9.17, 15) is 13.2 Å². The summed E-state index contributed by atoms with van der Waals surface area (Å²) in [6, 6.07) is 10.8. The molecule has 4 unspecified atom stereocenters. The molecule has 2 saturated carbocycles. The molecule has 164 valence electrons. The monoisotopic (exact) mass is 418 g/mol. The van der Waals surface area contributed by atoms with Gasteiger partial charge >= 0.3 is 6.36 Å². The van der Waals surface area contributed by atoms with E-state index < -0.39 is 6.36 Å². The average molecular weight is 419 g/mol. The zero-order valence-electron chi connectivity index (χ0n) is 17.9. The van der Waals surface area contributed by atoms with Gasteiger partial charge in [0.1, 0.15) is 5.75 Å². The lowest BCUT2D eigenvalue weighted by Gasteiger charge is -2.42. The number of hydrogen-bond donors (Lipinski definition) is 0. The van der Waals surface area contributed by atoms with E-state index in [4.69, 9.17) is 0 Å². The molecule has 0 heterocycles. The van der Waals surface area contributed by atoms with E-state index >= 15 is 0 Å². The number of unbranched alkanes of at least 4 members (excludes halogenated alkanes) is 2. The lowest BCUT2D eigenvalue weighted by molar-refractivity contribution is -0.274. The van der Waals surface area contributed by atoms with E-state index in [1.807, 2.05) is 18.2 Å². The minimum Gasteiger partial charge on any atom is -0.405 e. The molecule has 2 fully saturated rings. The lowest BCUT2D eigenvalue weighted by atomic mass is 9.63. The van der Waals surface area contributed by atoms with Crippen molar-refractivity contribution in [3.05, 3.63) is 42.0 Å². The zero-order valence-corrected chi connectivity index (χ0v) is 17.9. The predicted molar refractivity (Wildman–Crippen MR) is 116 cm³/mol. The largest absolute Gasteiger partial charge is 0.573 e. The molecule has 4 heteroatoms. The Kier molecular flexibility index (Phi) is 6.60. The average Bonchev–Trinajstić information content (AvgIpc) is 2.72. The van der Waals surface area contributed by atoms with Crippen LogP contribution in [0, 0.1) is 17.8 Å². The van der Waals surface area contributed by atoms with Gasteiger partial charge in [0.2, 0.25) is 0 Å². The zero-order chi connectivity index (χ0) is 21.1. The summed E-state index contributed by atoms with van der Waals surface area (Å²) in [5.41, 5.74) is 1.27. The maximum absolute atomic E-state index is 12.7. The first-order valence-electron chi connectivity index (χ1n) is 11.7. The van der Waals surface area contributed by atoms with Crippen LogP contribution in [0.1, 0.15) is 82.6 Å². The molecular weight excluding hydrogens is 385 g/mol. The quantitative estimate of drug-likeness (QED) is 0.427. The highest BCUT2D eigenvalue weighted by molar-refractivity contribution is 5.89. The van der Waals surface area contributed by atoms with Crippen LogP contribution < -0.4 is 4.74 Å². The second-order valence-corrected chi connectivity index (χ2v) is 9.49. The molecule has 0 saturated heterocycles. The minimum atomic E-state index is -4.67. The Morgan fingerprint density at radius 3 is 2.53 bits per heavy atom. The smallest absolute Gasteiger partial charge is 0.405 e. The van der Waals surface area contributed by atoms with Crippen LogP contribution in [0.3, 0.4) is 0 Å². The summed E-state index contributed by atoms with van der Waals surface area (Å²) in [6.45, 7) is 2.27. The first kappa shape index (κ1) is 21.5. The summed E-state index contributed by atoms with van der Waals surface area (Å²) >= 11 is 0. The molecule has 0 spiro atoms. The number of alkyl halides is 3. The van der Waals surface area contributed by atoms with Crippen molar-refractivity contribution >= 4 is 10.8 Å². The summed E-state index contributed by atoms with van der Waals surface area (Å²) in [4.78, 5) is 0. The van der Waals surface area contributed by atoms with Crippen LogP contribution in [-0.4, -0.2) is 6.36 Å². The predicted octanol–water partition coefficient (Wildman–Crippen LogP) is 8.62. The molecule has 0 aliphatic heterocycles. The highest BCUT2D eigenvalue weighted by Gasteiger charge is 2.36. The number of hydrogen-bond acceptors (Lipinski definition) is 1. The third-order valence-electron chi connectivity index (χ3n) is 7.50. The van der Waals surface area contributed by atoms with Crippen molar-refractivity contribution in [3.63, 3.8) is 0 Å². The van der Waals surface area contributed by atoms with E-state index in [1.165, 1.54) is 75.8 Å². The maximum Gasteiger partial charge on any atom is 0.573 e. The second-order valence-electron chi connectivity index (χ2n) is 9.49. The van der Waals surface area contributed by atoms with Crippen molar-refractivity contribution in [2.45, 2.75) is 83.4 Å². The van der Waals surface area contributed by atoms with Gasteiger partial charge in [0, 0.05) is 5.39 Å². The molecule has 0 radical (unpaired) electrons. The summed E-state index contributed by atoms with van der Waals surface area (Å²) in [5.74, 6) is 3.05. The molecule has 2 aromatic rings. The third-order valence-corrected chi connectivity index (χ3v) is 7.50. The van der Waals surface area contributed by atoms with Gasteiger partial charge in [-0.25, -0.2) is 0 Å². The molecule has 30 heavy (non-hydrogen) atoms. The summed E-state index contributed by atoms with van der Waals surface area (Å²) in [7, 11) is 0. The Labute approximate surface area is 178 Å². The Balaban J connectivity index is 1.42. The molecule has 0 bridgehead atoms. The van der Waals surface area contributed by atoms with Crippen molar-refractivity contribution < 1.29 is 17.9 Å². The van der Waals surface area contributed by atoms with Crippen molar-refractivity contribution in [2.75, 3.05) is 0 Å². The normalized spacial score (nSPS) is 27.1. The standard InChI is InChI=1S/C26H33F3O/c1-2-3-4-6-18-9-10-20-16-21(12-11-19(20)15-18)22-13-14-24-23(17-22)7-5-8-25(24)30-26(27,28)29/h5,7-8,13-14,17-21H,2-4,6,9-12,15-16H2,1H3. The Hall–Kier alpha value is -1.71. The first-order valence-corrected chi connectivity index (χ1v) is 11.7. The van der Waals surface area contributed by atoms with E-state index in [2.05, 4.69) is 17.7 Å². The Morgan fingerprint density at radius 2 is 1.73 bits per heavy atom. The summed E-state index contributed by atoms with van der Waals surface area (Å²) in [6.07, 6.45) is 8.69. The van der Waals surface area contributed by atoms with Gasteiger partial charge in [-0.3, -0.25) is 0 Å². The number of halogens is 3. The molecule has 1 nitrogen and oxygen atoms in total. The highest BCUT2D eigenvalue weighted by Crippen LogP contribution is 2.48. The molecule has 0 amide bonds. The van der Waals surface area contributed by atoms with Crippen molar-refractivity contribution in [1.29, 1.82) is 0 Å². The lowest BCUT2D eigenvalue weighted by Crippen LogP contribution is -2.30. The van der Waals surface area contributed by atoms with E-state index in [-0.39, 0.29) is 5.75 Å². The molecule has 2 aliphatic rings. The van der Waals surface area contributed by atoms with Crippen LogP contribution in [0.5, 0.6) is 5.75 Å². The number of ether oxygens (including phenoxy) is 1. The molecule has 0 aromatic heterocycles. The summed E-state index contributed by atoms with van der Waals surface area (Å²) in [5, 5.41) is 1.36. The van der Waals surface area contributed by atoms with Crippen LogP contribution in [0.25, 0.3) is 10.8 Å². The van der Waals surface area contributed by atoms with Gasteiger partial charge in [-0.1, -0.05) is 69.4 Å². The fraction of sp³-hybridized carbons (Fsp3) is 0.615. The highest BCUT2D eigenvalue weighted by atomic mass is 19.4. The Bertz CT molecular complexity index is 844. The van der Waals surface area contributed by atoms with Gasteiger partial charge in [0.05, 0.1) is 0 Å². The van der Waals surface area contributed by atoms with Crippen molar-refractivity contribution in [2.24, 2.45) is 17.8 Å². The number of rotatable bonds is 6. The van der Waals surface area contributed by atoms with Gasteiger partial charge in [0.15, 0.2) is 0 Å². The van der Waals surface area contributed by atoms with Gasteiger partial charge in [-0.05, 0) is 72.8 Å². The van der Waals surface area contributed by atoms with Gasteiger partial charge in [-0.15, -0.1) is 13.2 Å². The molecule has 2 aliphatic carbocycles. The fourth-order valence-corrected chi connectivity index (χ4v) is 5.97. The molecular formula is C26H33F3O. The van der Waals surface area contributed by atoms with Crippen LogP contribution in [-0.2, 0) is 0 Å². The number of fused-ring (bicyclic) bond motifs is 2. The van der Waals surface area contributed by atoms with Crippen LogP contribution in [0.2, 0.25) is 0 Å². The first-order chi connectivity index (χ1) is 14.4. The second kappa shape index (κ2) is 9.20. The van der Waals surface area contributed by atoms with Gasteiger partial charge in [0.25, 0.3) is 0 Å². The van der Waals surface area contributed by atoms with Crippen LogP contribution in [0.15, 0.2) is 36.4 Å². The van der Waals surface area contributed by atoms with Gasteiger partial charge < -0.3 is 4.74 Å². The van der Waals surface area contributed by atoms with E-state index in [1.54, 1.807) is 6.07 Å². The molecule has 4 rings (SSSR count). The fourth-order valence-electron chi connectivity index (χ4n) is 5.97. The third kappa shape index (κ3) is 5.12. The van der Waals surface area contributed by atoms with Gasteiger partial charge in [-0.2, -0.15) is 0 Å². The topological polar surface area (TPSA) is 9.23 Å². The maximum atomic E-state index is 12.7. The van der Waals surface area contributed by atoms with Crippen molar-refractivity contribution in [3.8, 4) is 5.75 Å². The Morgan fingerprint density at radius 1 is 0.933 bits per heavy atom. The molecule has 2 aromatic carbocycles. The van der Waals surface area contributed by atoms with E-state index in [0.29, 0.717) is 11.3 Å². The molecule has 0 N–H and O–H groups in total.